The molecule has 0 heterocycles. The number of hydrogen-bond acceptors (Lipinski definition) is 3. The van der Waals surface area contributed by atoms with E-state index < -0.39 is 11.7 Å². The van der Waals surface area contributed by atoms with Crippen molar-refractivity contribution < 1.29 is 22.6 Å². The summed E-state index contributed by atoms with van der Waals surface area (Å²) < 4.78 is 49.3. The van der Waals surface area contributed by atoms with Crippen LogP contribution < -0.4 is 9.47 Å². The number of nitrogens with one attached hydrogen (secondary N) is 1. The van der Waals surface area contributed by atoms with Gasteiger partial charge in [-0.05, 0) is 35.9 Å². The number of rotatable bonds is 6. The first-order valence-corrected chi connectivity index (χ1v) is 6.91. The number of ether oxygens (including phenoxy) is 2. The Morgan fingerprint density at radius 3 is 2.52 bits per heavy atom. The van der Waals surface area contributed by atoms with Crippen molar-refractivity contribution in [2.45, 2.75) is 12.6 Å². The summed E-state index contributed by atoms with van der Waals surface area (Å²) in [6, 6.07) is 11.0. The minimum atomic E-state index is -4.51. The van der Waals surface area contributed by atoms with Gasteiger partial charge in [-0.15, -0.1) is 0 Å². The van der Waals surface area contributed by atoms with E-state index in [0.29, 0.717) is 12.6 Å². The number of methoxy groups -OCH3 is 1. The maximum Gasteiger partial charge on any atom is 0.417 e. The summed E-state index contributed by atoms with van der Waals surface area (Å²) in [7, 11) is 1.57. The van der Waals surface area contributed by atoms with Crippen LogP contribution in [0.4, 0.5) is 13.2 Å². The van der Waals surface area contributed by atoms with Gasteiger partial charge in [-0.25, -0.2) is 0 Å². The molecule has 2 rings (SSSR count). The molecule has 0 saturated heterocycles. The Balaban J connectivity index is 2.04. The van der Waals surface area contributed by atoms with Crippen LogP contribution in [0.3, 0.4) is 0 Å². The molecule has 0 saturated carbocycles. The number of benzene rings is 2. The zero-order valence-corrected chi connectivity index (χ0v) is 12.5. The standard InChI is InChI=1S/C17H16F3NO2/c1-22-14-4-2-3-12(9-14)7-8-23-15-6-5-13(11-21)16(10-15)17(18,19)20/h2-6,9-11,21H,7-8H2,1H3. The lowest BCUT2D eigenvalue weighted by molar-refractivity contribution is -0.137. The maximum absolute atomic E-state index is 12.9. The van der Waals surface area contributed by atoms with E-state index in [4.69, 9.17) is 14.9 Å². The fourth-order valence-corrected chi connectivity index (χ4v) is 2.11. The SMILES string of the molecule is COc1cccc(CCOc2ccc(C=N)c(C(F)(F)F)c2)c1. The van der Waals surface area contributed by atoms with Gasteiger partial charge in [0.25, 0.3) is 0 Å². The molecule has 0 spiro atoms. The number of hydrogen-bond donors (Lipinski definition) is 1. The molecular weight excluding hydrogens is 307 g/mol. The van der Waals surface area contributed by atoms with Crippen molar-refractivity contribution in [3.05, 3.63) is 59.2 Å². The summed E-state index contributed by atoms with van der Waals surface area (Å²) in [5.41, 5.74) is -0.0828. The van der Waals surface area contributed by atoms with E-state index >= 15 is 0 Å². The highest BCUT2D eigenvalue weighted by atomic mass is 19.4. The van der Waals surface area contributed by atoms with Crippen molar-refractivity contribution in [3.63, 3.8) is 0 Å². The fourth-order valence-electron chi connectivity index (χ4n) is 2.11. The van der Waals surface area contributed by atoms with E-state index in [-0.39, 0.29) is 17.9 Å². The van der Waals surface area contributed by atoms with Crippen LogP contribution in [0, 0.1) is 5.41 Å². The van der Waals surface area contributed by atoms with Crippen LogP contribution in [-0.2, 0) is 12.6 Å². The minimum absolute atomic E-state index is 0.130. The van der Waals surface area contributed by atoms with Crippen LogP contribution >= 0.6 is 0 Å². The van der Waals surface area contributed by atoms with Crippen molar-refractivity contribution >= 4 is 6.21 Å². The Hall–Kier alpha value is -2.50. The molecule has 0 aliphatic heterocycles. The van der Waals surface area contributed by atoms with Gasteiger partial charge in [0.15, 0.2) is 0 Å². The van der Waals surface area contributed by atoms with Gasteiger partial charge < -0.3 is 14.9 Å². The number of halogens is 3. The van der Waals surface area contributed by atoms with Gasteiger partial charge in [-0.2, -0.15) is 13.2 Å². The third kappa shape index (κ3) is 4.48. The van der Waals surface area contributed by atoms with Crippen molar-refractivity contribution in [3.8, 4) is 11.5 Å². The van der Waals surface area contributed by atoms with E-state index in [2.05, 4.69) is 0 Å². The molecule has 3 nitrogen and oxygen atoms in total. The fraction of sp³-hybridized carbons (Fsp3) is 0.235. The highest BCUT2D eigenvalue weighted by molar-refractivity contribution is 5.80. The Morgan fingerprint density at radius 1 is 1.09 bits per heavy atom. The molecule has 6 heteroatoms. The first-order chi connectivity index (χ1) is 10.9. The predicted octanol–water partition coefficient (Wildman–Crippen LogP) is 4.33. The summed E-state index contributed by atoms with van der Waals surface area (Å²) >= 11 is 0. The van der Waals surface area contributed by atoms with Gasteiger partial charge in [0.1, 0.15) is 11.5 Å². The molecule has 0 atom stereocenters. The topological polar surface area (TPSA) is 42.3 Å². The summed E-state index contributed by atoms with van der Waals surface area (Å²) in [5, 5.41) is 7.05. The highest BCUT2D eigenvalue weighted by Crippen LogP contribution is 2.33. The molecule has 0 aliphatic rings. The average molecular weight is 323 g/mol. The third-order valence-electron chi connectivity index (χ3n) is 3.28. The van der Waals surface area contributed by atoms with Crippen molar-refractivity contribution in [1.29, 1.82) is 5.41 Å². The van der Waals surface area contributed by atoms with Crippen molar-refractivity contribution in [1.82, 2.24) is 0 Å². The Kier molecular flexibility index (Phi) is 5.26. The van der Waals surface area contributed by atoms with Crippen LogP contribution in [0.2, 0.25) is 0 Å². The predicted molar refractivity (Wildman–Crippen MR) is 81.5 cm³/mol. The van der Waals surface area contributed by atoms with Gasteiger partial charge in [0, 0.05) is 18.2 Å². The summed E-state index contributed by atoms with van der Waals surface area (Å²) in [4.78, 5) is 0. The molecule has 122 valence electrons. The zero-order chi connectivity index (χ0) is 16.9. The lowest BCUT2D eigenvalue weighted by atomic mass is 10.1. The smallest absolute Gasteiger partial charge is 0.417 e. The molecule has 23 heavy (non-hydrogen) atoms. The minimum Gasteiger partial charge on any atom is -0.497 e. The summed E-state index contributed by atoms with van der Waals surface area (Å²) in [6.45, 7) is 0.244. The second-order valence-electron chi connectivity index (χ2n) is 4.84. The molecule has 0 bridgehead atoms. The van der Waals surface area contributed by atoms with E-state index in [0.717, 1.165) is 17.4 Å². The molecule has 2 aromatic carbocycles. The lowest BCUT2D eigenvalue weighted by Gasteiger charge is -2.13. The van der Waals surface area contributed by atoms with Crippen LogP contribution in [0.25, 0.3) is 0 Å². The highest BCUT2D eigenvalue weighted by Gasteiger charge is 2.33. The molecule has 0 aromatic heterocycles. The van der Waals surface area contributed by atoms with E-state index in [1.54, 1.807) is 7.11 Å². The first kappa shape index (κ1) is 16.9. The van der Waals surface area contributed by atoms with Gasteiger partial charge in [0.05, 0.1) is 19.3 Å². The quantitative estimate of drug-likeness (QED) is 0.804. The maximum atomic E-state index is 12.9. The van der Waals surface area contributed by atoms with Crippen LogP contribution in [0.5, 0.6) is 11.5 Å². The van der Waals surface area contributed by atoms with E-state index in [1.165, 1.54) is 12.1 Å². The molecule has 0 unspecified atom stereocenters. The van der Waals surface area contributed by atoms with Gasteiger partial charge in [-0.1, -0.05) is 12.1 Å². The zero-order valence-electron chi connectivity index (χ0n) is 12.5. The summed E-state index contributed by atoms with van der Waals surface area (Å²) in [6.07, 6.45) is -3.28. The van der Waals surface area contributed by atoms with Crippen molar-refractivity contribution in [2.75, 3.05) is 13.7 Å². The summed E-state index contributed by atoms with van der Waals surface area (Å²) in [5.74, 6) is 0.850. The second kappa shape index (κ2) is 7.17. The lowest BCUT2D eigenvalue weighted by Crippen LogP contribution is -2.10. The van der Waals surface area contributed by atoms with Crippen molar-refractivity contribution in [2.24, 2.45) is 0 Å². The first-order valence-electron chi connectivity index (χ1n) is 6.91. The Bertz CT molecular complexity index is 684. The third-order valence-corrected chi connectivity index (χ3v) is 3.28. The van der Waals surface area contributed by atoms with Gasteiger partial charge in [0.2, 0.25) is 0 Å². The second-order valence-corrected chi connectivity index (χ2v) is 4.84. The van der Waals surface area contributed by atoms with E-state index in [1.807, 2.05) is 24.3 Å². The Morgan fingerprint density at radius 2 is 1.87 bits per heavy atom. The van der Waals surface area contributed by atoms with Crippen LogP contribution in [-0.4, -0.2) is 19.9 Å². The van der Waals surface area contributed by atoms with E-state index in [9.17, 15) is 13.2 Å². The molecule has 0 radical (unpaired) electrons. The number of alkyl halides is 3. The molecule has 0 amide bonds. The van der Waals surface area contributed by atoms with Gasteiger partial charge >= 0.3 is 6.18 Å². The molecular formula is C17H16F3NO2. The average Bonchev–Trinajstić information content (AvgIpc) is 2.54. The monoisotopic (exact) mass is 323 g/mol. The van der Waals surface area contributed by atoms with Gasteiger partial charge in [-0.3, -0.25) is 0 Å². The molecule has 0 aliphatic carbocycles. The largest absolute Gasteiger partial charge is 0.497 e. The molecule has 2 aromatic rings. The normalized spacial score (nSPS) is 11.1. The Labute approximate surface area is 132 Å². The van der Waals surface area contributed by atoms with Crippen LogP contribution in [0.1, 0.15) is 16.7 Å². The molecule has 1 N–H and O–H groups in total. The molecule has 0 fully saturated rings. The van der Waals surface area contributed by atoms with Crippen LogP contribution in [0.15, 0.2) is 42.5 Å².